The van der Waals surface area contributed by atoms with Crippen molar-refractivity contribution in [3.05, 3.63) is 52.1 Å². The zero-order valence-corrected chi connectivity index (χ0v) is 17.5. The molecule has 2 aromatic heterocycles. The van der Waals surface area contributed by atoms with Crippen LogP contribution in [0.2, 0.25) is 0 Å². The fourth-order valence-electron chi connectivity index (χ4n) is 2.38. The maximum absolute atomic E-state index is 12.0. The molecule has 1 aromatic carbocycles. The van der Waals surface area contributed by atoms with Gasteiger partial charge < -0.3 is 15.4 Å². The van der Waals surface area contributed by atoms with Crippen LogP contribution in [0.3, 0.4) is 0 Å². The molecule has 27 heavy (non-hydrogen) atoms. The average Bonchev–Trinajstić information content (AvgIpc) is 3.11. The first-order chi connectivity index (χ1) is 13.0. The van der Waals surface area contributed by atoms with Crippen LogP contribution < -0.4 is 15.4 Å². The van der Waals surface area contributed by atoms with E-state index in [9.17, 15) is 4.79 Å². The normalized spacial score (nSPS) is 10.7. The topological polar surface area (TPSA) is 76.1 Å². The minimum absolute atomic E-state index is 0.0112. The number of ether oxygens (including phenoxy) is 1. The van der Waals surface area contributed by atoms with Gasteiger partial charge in [0.15, 0.2) is 5.13 Å². The molecule has 0 unspecified atom stereocenters. The second-order valence-corrected chi connectivity index (χ2v) is 7.66. The van der Waals surface area contributed by atoms with Gasteiger partial charge in [-0.3, -0.25) is 4.79 Å². The highest BCUT2D eigenvalue weighted by molar-refractivity contribution is 9.10. The Kier molecular flexibility index (Phi) is 6.08. The summed E-state index contributed by atoms with van der Waals surface area (Å²) in [6.07, 6.45) is 1.78. The molecule has 0 saturated carbocycles. The number of carbonyl (C=O) groups excluding carboxylic acids is 1. The van der Waals surface area contributed by atoms with Crippen molar-refractivity contribution in [2.45, 2.75) is 20.0 Å². The Morgan fingerprint density at radius 2 is 2.07 bits per heavy atom. The molecule has 0 spiro atoms. The zero-order chi connectivity index (χ0) is 19.4. The summed E-state index contributed by atoms with van der Waals surface area (Å²) in [6.45, 7) is 3.91. The highest BCUT2D eigenvalue weighted by atomic mass is 79.9. The summed E-state index contributed by atoms with van der Waals surface area (Å²) in [6, 6.07) is 9.13. The molecule has 0 aliphatic carbocycles. The second-order valence-electron chi connectivity index (χ2n) is 5.99. The van der Waals surface area contributed by atoms with Gasteiger partial charge in [0.2, 0.25) is 0 Å². The van der Waals surface area contributed by atoms with E-state index < -0.39 is 0 Å². The molecule has 0 aliphatic heterocycles. The Labute approximate surface area is 170 Å². The van der Waals surface area contributed by atoms with Crippen LogP contribution in [0.25, 0.3) is 11.3 Å². The lowest BCUT2D eigenvalue weighted by Gasteiger charge is -2.15. The maximum atomic E-state index is 12.0. The predicted octanol–water partition coefficient (Wildman–Crippen LogP) is 4.86. The largest absolute Gasteiger partial charge is 0.489 e. The van der Waals surface area contributed by atoms with Gasteiger partial charge in [0.25, 0.3) is 5.91 Å². The monoisotopic (exact) mass is 446 g/mol. The van der Waals surface area contributed by atoms with Gasteiger partial charge >= 0.3 is 0 Å². The lowest BCUT2D eigenvalue weighted by Crippen LogP contribution is -2.18. The predicted molar refractivity (Wildman–Crippen MR) is 112 cm³/mol. The minimum atomic E-state index is -0.157. The average molecular weight is 447 g/mol. The molecule has 8 heteroatoms. The van der Waals surface area contributed by atoms with Crippen LogP contribution in [-0.4, -0.2) is 29.0 Å². The van der Waals surface area contributed by atoms with Crippen molar-refractivity contribution in [3.63, 3.8) is 0 Å². The van der Waals surface area contributed by atoms with E-state index in [0.717, 1.165) is 15.9 Å². The quantitative estimate of drug-likeness (QED) is 0.528. The van der Waals surface area contributed by atoms with E-state index in [4.69, 9.17) is 4.74 Å². The molecule has 0 saturated heterocycles. The molecule has 2 N–H and O–H groups in total. The lowest BCUT2D eigenvalue weighted by molar-refractivity contribution is 0.0963. The van der Waals surface area contributed by atoms with E-state index in [1.54, 1.807) is 31.4 Å². The van der Waals surface area contributed by atoms with Crippen molar-refractivity contribution in [2.24, 2.45) is 0 Å². The number of nitrogens with zero attached hydrogens (tertiary/aromatic N) is 2. The van der Waals surface area contributed by atoms with Gasteiger partial charge in [-0.25, -0.2) is 9.97 Å². The number of aromatic nitrogens is 2. The Bertz CT molecular complexity index is 941. The SMILES string of the molecule is CNC(=O)c1ccc(OC(C)C)c(Nc2nc(-c3ccc(Br)nc3)cs2)c1. The maximum Gasteiger partial charge on any atom is 0.251 e. The molecule has 3 rings (SSSR count). The van der Waals surface area contributed by atoms with Gasteiger partial charge in [0.05, 0.1) is 17.5 Å². The molecule has 1 amide bonds. The molecule has 0 fully saturated rings. The van der Waals surface area contributed by atoms with Gasteiger partial charge in [-0.2, -0.15) is 0 Å². The third-order valence-corrected chi connectivity index (χ3v) is 4.83. The summed E-state index contributed by atoms with van der Waals surface area (Å²) in [7, 11) is 1.60. The van der Waals surface area contributed by atoms with E-state index in [1.807, 2.05) is 31.4 Å². The first kappa shape index (κ1) is 19.3. The van der Waals surface area contributed by atoms with Gasteiger partial charge in [-0.15, -0.1) is 11.3 Å². The third-order valence-electron chi connectivity index (χ3n) is 3.60. The Morgan fingerprint density at radius 3 is 2.74 bits per heavy atom. The molecule has 0 aliphatic rings. The molecule has 140 valence electrons. The highest BCUT2D eigenvalue weighted by Gasteiger charge is 2.13. The Morgan fingerprint density at radius 1 is 1.26 bits per heavy atom. The van der Waals surface area contributed by atoms with E-state index >= 15 is 0 Å². The highest BCUT2D eigenvalue weighted by Crippen LogP contribution is 2.33. The van der Waals surface area contributed by atoms with E-state index in [1.165, 1.54) is 11.3 Å². The van der Waals surface area contributed by atoms with Crippen LogP contribution in [0, 0.1) is 0 Å². The van der Waals surface area contributed by atoms with Crippen molar-refractivity contribution < 1.29 is 9.53 Å². The fraction of sp³-hybridized carbons (Fsp3) is 0.211. The van der Waals surface area contributed by atoms with Crippen LogP contribution >= 0.6 is 27.3 Å². The van der Waals surface area contributed by atoms with Crippen molar-refractivity contribution in [1.29, 1.82) is 0 Å². The second kappa shape index (κ2) is 8.49. The van der Waals surface area contributed by atoms with Crippen LogP contribution in [0.15, 0.2) is 46.5 Å². The van der Waals surface area contributed by atoms with Gasteiger partial charge in [-0.05, 0) is 60.1 Å². The number of benzene rings is 1. The number of pyridine rings is 1. The third kappa shape index (κ3) is 4.84. The smallest absolute Gasteiger partial charge is 0.251 e. The number of amides is 1. The molecule has 2 heterocycles. The number of carbonyl (C=O) groups is 1. The zero-order valence-electron chi connectivity index (χ0n) is 15.1. The number of halogens is 1. The number of rotatable bonds is 6. The van der Waals surface area contributed by atoms with E-state index in [0.29, 0.717) is 22.1 Å². The van der Waals surface area contributed by atoms with Gasteiger partial charge in [0.1, 0.15) is 10.4 Å². The van der Waals surface area contributed by atoms with E-state index in [2.05, 4.69) is 36.5 Å². The summed E-state index contributed by atoms with van der Waals surface area (Å²) < 4.78 is 6.64. The fourth-order valence-corrected chi connectivity index (χ4v) is 3.34. The van der Waals surface area contributed by atoms with Gasteiger partial charge in [0, 0.05) is 29.8 Å². The number of hydrogen-bond donors (Lipinski definition) is 2. The Balaban J connectivity index is 1.89. The van der Waals surface area contributed by atoms with Crippen molar-refractivity contribution in [3.8, 4) is 17.0 Å². The number of thiazole rings is 1. The van der Waals surface area contributed by atoms with E-state index in [-0.39, 0.29) is 12.0 Å². The molecule has 0 radical (unpaired) electrons. The number of anilines is 2. The van der Waals surface area contributed by atoms with Crippen molar-refractivity contribution in [1.82, 2.24) is 15.3 Å². The molecular weight excluding hydrogens is 428 g/mol. The molecule has 6 nitrogen and oxygen atoms in total. The van der Waals surface area contributed by atoms with Crippen LogP contribution in [0.5, 0.6) is 5.75 Å². The van der Waals surface area contributed by atoms with Crippen LogP contribution in [-0.2, 0) is 0 Å². The number of hydrogen-bond acceptors (Lipinski definition) is 6. The molecule has 3 aromatic rings. The Hall–Kier alpha value is -2.45. The molecule has 0 bridgehead atoms. The summed E-state index contributed by atoms with van der Waals surface area (Å²) >= 11 is 4.80. The summed E-state index contributed by atoms with van der Waals surface area (Å²) in [5.41, 5.74) is 3.00. The first-order valence-electron chi connectivity index (χ1n) is 8.33. The van der Waals surface area contributed by atoms with Crippen LogP contribution in [0.4, 0.5) is 10.8 Å². The van der Waals surface area contributed by atoms with Crippen molar-refractivity contribution in [2.75, 3.05) is 12.4 Å². The van der Waals surface area contributed by atoms with Crippen molar-refractivity contribution >= 4 is 44.0 Å². The minimum Gasteiger partial charge on any atom is -0.489 e. The first-order valence-corrected chi connectivity index (χ1v) is 10.0. The molecular formula is C19H19BrN4O2S. The summed E-state index contributed by atoms with van der Waals surface area (Å²) in [5, 5.41) is 8.56. The van der Waals surface area contributed by atoms with Gasteiger partial charge in [-0.1, -0.05) is 0 Å². The number of nitrogens with one attached hydrogen (secondary N) is 2. The lowest BCUT2D eigenvalue weighted by atomic mass is 10.1. The summed E-state index contributed by atoms with van der Waals surface area (Å²) in [5.74, 6) is 0.509. The summed E-state index contributed by atoms with van der Waals surface area (Å²) in [4.78, 5) is 20.8. The molecule has 0 atom stereocenters. The standard InChI is InChI=1S/C19H19BrN4O2S/c1-11(2)26-16-6-4-12(18(25)21-3)8-14(16)23-19-24-15(10-27-19)13-5-7-17(20)22-9-13/h4-11H,1-3H3,(H,21,25)(H,23,24). The van der Waals surface area contributed by atoms with Crippen LogP contribution in [0.1, 0.15) is 24.2 Å².